The van der Waals surface area contributed by atoms with E-state index in [9.17, 15) is 5.11 Å². The van der Waals surface area contributed by atoms with Crippen LogP contribution in [0.25, 0.3) is 0 Å². The van der Waals surface area contributed by atoms with Crippen molar-refractivity contribution in [2.75, 3.05) is 0 Å². The molecule has 100 valence electrons. The van der Waals surface area contributed by atoms with Crippen molar-refractivity contribution in [3.63, 3.8) is 0 Å². The molecule has 0 fully saturated rings. The number of hydrogen-bond donors (Lipinski definition) is 1. The van der Waals surface area contributed by atoms with Crippen LogP contribution in [0.2, 0.25) is 0 Å². The molecule has 2 rings (SSSR count). The van der Waals surface area contributed by atoms with Gasteiger partial charge in [0.1, 0.15) is 0 Å². The largest absolute Gasteiger partial charge is 0.385 e. The first kappa shape index (κ1) is 13.8. The van der Waals surface area contributed by atoms with Crippen molar-refractivity contribution in [2.45, 2.75) is 39.7 Å². The van der Waals surface area contributed by atoms with Crippen molar-refractivity contribution in [1.29, 1.82) is 0 Å². The van der Waals surface area contributed by atoms with E-state index in [0.29, 0.717) is 6.42 Å². The van der Waals surface area contributed by atoms with E-state index in [1.807, 2.05) is 38.1 Å². The molecule has 0 aliphatic rings. The van der Waals surface area contributed by atoms with Crippen molar-refractivity contribution in [3.05, 3.63) is 70.3 Å². The number of aliphatic hydroxyl groups is 1. The maximum Gasteiger partial charge on any atom is 0.0911 e. The first-order valence-electron chi connectivity index (χ1n) is 6.75. The van der Waals surface area contributed by atoms with Crippen molar-refractivity contribution in [2.24, 2.45) is 0 Å². The maximum atomic E-state index is 10.8. The summed E-state index contributed by atoms with van der Waals surface area (Å²) >= 11 is 0. The molecule has 0 saturated carbocycles. The molecular formula is C18H22O. The molecule has 0 aliphatic heterocycles. The monoisotopic (exact) mass is 254 g/mol. The number of hydrogen-bond acceptors (Lipinski definition) is 1. The third-order valence-corrected chi connectivity index (χ3v) is 3.84. The third-order valence-electron chi connectivity index (χ3n) is 3.84. The summed E-state index contributed by atoms with van der Waals surface area (Å²) in [5, 5.41) is 10.8. The molecule has 0 bridgehead atoms. The van der Waals surface area contributed by atoms with Gasteiger partial charge in [-0.1, -0.05) is 42.5 Å². The molecule has 2 aromatic carbocycles. The second-order valence-corrected chi connectivity index (χ2v) is 5.68. The van der Waals surface area contributed by atoms with Gasteiger partial charge in [-0.3, -0.25) is 0 Å². The van der Waals surface area contributed by atoms with Gasteiger partial charge in [0.15, 0.2) is 0 Å². The Labute approximate surface area is 115 Å². The van der Waals surface area contributed by atoms with Gasteiger partial charge in [-0.15, -0.1) is 0 Å². The molecular weight excluding hydrogens is 232 g/mol. The van der Waals surface area contributed by atoms with Gasteiger partial charge in [0.25, 0.3) is 0 Å². The molecule has 0 radical (unpaired) electrons. The third kappa shape index (κ3) is 3.05. The molecule has 1 nitrogen and oxygen atoms in total. The predicted molar refractivity (Wildman–Crippen MR) is 80.4 cm³/mol. The van der Waals surface area contributed by atoms with Gasteiger partial charge in [-0.2, -0.15) is 0 Å². The van der Waals surface area contributed by atoms with Crippen molar-refractivity contribution < 1.29 is 5.11 Å². The molecule has 0 aliphatic carbocycles. The molecule has 1 atom stereocenters. The van der Waals surface area contributed by atoms with E-state index >= 15 is 0 Å². The van der Waals surface area contributed by atoms with E-state index in [-0.39, 0.29) is 0 Å². The van der Waals surface area contributed by atoms with Crippen LogP contribution in [0.3, 0.4) is 0 Å². The molecule has 19 heavy (non-hydrogen) atoms. The molecule has 0 saturated heterocycles. The van der Waals surface area contributed by atoms with Crippen LogP contribution in [0.5, 0.6) is 0 Å². The molecule has 0 amide bonds. The topological polar surface area (TPSA) is 20.2 Å². The molecule has 2 aromatic rings. The van der Waals surface area contributed by atoms with Gasteiger partial charge in [0, 0.05) is 6.42 Å². The van der Waals surface area contributed by atoms with Gasteiger partial charge in [0.2, 0.25) is 0 Å². The van der Waals surface area contributed by atoms with Crippen molar-refractivity contribution in [1.82, 2.24) is 0 Å². The quantitative estimate of drug-likeness (QED) is 0.875. The molecule has 0 spiro atoms. The van der Waals surface area contributed by atoms with E-state index in [2.05, 4.69) is 32.0 Å². The average molecular weight is 254 g/mol. The Bertz CT molecular complexity index is 582. The van der Waals surface area contributed by atoms with Crippen LogP contribution in [0, 0.1) is 20.8 Å². The number of rotatable bonds is 3. The predicted octanol–water partition coefficient (Wildman–Crippen LogP) is 4.06. The summed E-state index contributed by atoms with van der Waals surface area (Å²) in [5.41, 5.74) is 5.06. The minimum atomic E-state index is -0.826. The summed E-state index contributed by atoms with van der Waals surface area (Å²) in [6, 6.07) is 14.4. The lowest BCUT2D eigenvalue weighted by Gasteiger charge is -2.26. The fourth-order valence-corrected chi connectivity index (χ4v) is 2.58. The summed E-state index contributed by atoms with van der Waals surface area (Å²) in [6.07, 6.45) is 0.638. The van der Waals surface area contributed by atoms with Gasteiger partial charge in [0.05, 0.1) is 5.60 Å². The van der Waals surface area contributed by atoms with Crippen molar-refractivity contribution >= 4 is 0 Å². The zero-order valence-corrected chi connectivity index (χ0v) is 12.2. The maximum absolute atomic E-state index is 10.8. The Morgan fingerprint density at radius 1 is 0.895 bits per heavy atom. The molecule has 0 heterocycles. The van der Waals surface area contributed by atoms with E-state index in [1.54, 1.807) is 0 Å². The second-order valence-electron chi connectivity index (χ2n) is 5.68. The summed E-state index contributed by atoms with van der Waals surface area (Å²) in [4.78, 5) is 0. The number of aryl methyl sites for hydroxylation is 3. The summed E-state index contributed by atoms with van der Waals surface area (Å²) in [7, 11) is 0. The van der Waals surface area contributed by atoms with Crippen molar-refractivity contribution in [3.8, 4) is 0 Å². The lowest BCUT2D eigenvalue weighted by Crippen LogP contribution is -2.25. The summed E-state index contributed by atoms with van der Waals surface area (Å²) in [5.74, 6) is 0. The molecule has 1 N–H and O–H groups in total. The average Bonchev–Trinajstić information content (AvgIpc) is 2.34. The fourth-order valence-electron chi connectivity index (χ4n) is 2.58. The minimum Gasteiger partial charge on any atom is -0.385 e. The molecule has 0 aromatic heterocycles. The van der Waals surface area contributed by atoms with Gasteiger partial charge in [-0.05, 0) is 55.5 Å². The highest BCUT2D eigenvalue weighted by atomic mass is 16.3. The van der Waals surface area contributed by atoms with E-state index in [0.717, 1.165) is 11.1 Å². The van der Waals surface area contributed by atoms with Crippen LogP contribution in [-0.2, 0) is 12.0 Å². The van der Waals surface area contributed by atoms with Crippen LogP contribution >= 0.6 is 0 Å². The van der Waals surface area contributed by atoms with Gasteiger partial charge in [-0.25, -0.2) is 0 Å². The first-order chi connectivity index (χ1) is 8.90. The van der Waals surface area contributed by atoms with E-state index in [4.69, 9.17) is 0 Å². The lowest BCUT2D eigenvalue weighted by molar-refractivity contribution is 0.0570. The minimum absolute atomic E-state index is 0.638. The van der Waals surface area contributed by atoms with Crippen LogP contribution in [-0.4, -0.2) is 5.11 Å². The highest BCUT2D eigenvalue weighted by Crippen LogP contribution is 2.28. The second kappa shape index (κ2) is 5.18. The fraction of sp³-hybridized carbons (Fsp3) is 0.333. The Hall–Kier alpha value is -1.60. The Morgan fingerprint density at radius 3 is 2.21 bits per heavy atom. The Balaban J connectivity index is 2.31. The van der Waals surface area contributed by atoms with Crippen LogP contribution in [0.1, 0.15) is 34.7 Å². The first-order valence-corrected chi connectivity index (χ1v) is 6.75. The van der Waals surface area contributed by atoms with Crippen LogP contribution in [0.15, 0.2) is 42.5 Å². The summed E-state index contributed by atoms with van der Waals surface area (Å²) < 4.78 is 0. The van der Waals surface area contributed by atoms with Crippen LogP contribution in [0.4, 0.5) is 0 Å². The smallest absolute Gasteiger partial charge is 0.0911 e. The van der Waals surface area contributed by atoms with Gasteiger partial charge < -0.3 is 5.11 Å². The van der Waals surface area contributed by atoms with Crippen LogP contribution < -0.4 is 0 Å². The lowest BCUT2D eigenvalue weighted by atomic mass is 9.86. The van der Waals surface area contributed by atoms with E-state index < -0.39 is 5.60 Å². The zero-order chi connectivity index (χ0) is 14.0. The highest BCUT2D eigenvalue weighted by Gasteiger charge is 2.25. The Morgan fingerprint density at radius 2 is 1.58 bits per heavy atom. The highest BCUT2D eigenvalue weighted by molar-refractivity contribution is 5.35. The normalized spacial score (nSPS) is 14.2. The standard InChI is InChI=1S/C18H22O/c1-13-9-10-16(11-15(13)3)12-18(4,19)17-8-6-5-7-14(17)2/h5-11,19H,12H2,1-4H3. The number of benzene rings is 2. The summed E-state index contributed by atoms with van der Waals surface area (Å²) in [6.45, 7) is 8.16. The molecule has 1 unspecified atom stereocenters. The Kier molecular flexibility index (Phi) is 3.77. The van der Waals surface area contributed by atoms with Gasteiger partial charge >= 0.3 is 0 Å². The SMILES string of the molecule is Cc1ccc(CC(C)(O)c2ccccc2C)cc1C. The zero-order valence-electron chi connectivity index (χ0n) is 12.2. The molecule has 1 heteroatoms. The van der Waals surface area contributed by atoms with E-state index in [1.165, 1.54) is 16.7 Å².